The van der Waals surface area contributed by atoms with Crippen LogP contribution in [0.2, 0.25) is 0 Å². The van der Waals surface area contributed by atoms with Crippen LogP contribution in [-0.2, 0) is 55.8 Å². The van der Waals surface area contributed by atoms with Gasteiger partial charge in [0.25, 0.3) is 0 Å². The van der Waals surface area contributed by atoms with E-state index in [0.717, 1.165) is 128 Å². The van der Waals surface area contributed by atoms with Gasteiger partial charge in [-0.15, -0.1) is 0 Å². The number of unbranched alkanes of at least 4 members (excludes halogenated alkanes) is 50. The molecule has 5 unspecified atom stereocenters. The van der Waals surface area contributed by atoms with Crippen LogP contribution in [0.1, 0.15) is 457 Å². The normalized spacial score (nSPS) is 14.3. The second-order valence-electron chi connectivity index (χ2n) is 34.3. The molecule has 0 saturated carbocycles. The second kappa shape index (κ2) is 98.5. The van der Waals surface area contributed by atoms with Gasteiger partial charge < -0.3 is 34.2 Å². The van der Waals surface area contributed by atoms with Crippen LogP contribution in [-0.4, -0.2) is 95.9 Å². The van der Waals surface area contributed by atoms with Crippen LogP contribution in [0.15, 0.2) is 146 Å². The molecular formula is C107H188O16P2. The van der Waals surface area contributed by atoms with Crippen LogP contribution in [0.4, 0.5) is 0 Å². The molecule has 0 heterocycles. The van der Waals surface area contributed by atoms with Gasteiger partial charge in [0.05, 0.1) is 26.4 Å². The summed E-state index contributed by atoms with van der Waals surface area (Å²) >= 11 is 0. The summed E-state index contributed by atoms with van der Waals surface area (Å²) in [7, 11) is -9.81. The van der Waals surface area contributed by atoms with Crippen molar-refractivity contribution in [3.05, 3.63) is 146 Å². The first-order valence-electron chi connectivity index (χ1n) is 51.1. The third-order valence-corrected chi connectivity index (χ3v) is 23.9. The molecule has 0 aromatic carbocycles. The summed E-state index contributed by atoms with van der Waals surface area (Å²) in [5.41, 5.74) is 0. The molecule has 5 atom stereocenters. The lowest BCUT2D eigenvalue weighted by atomic mass is 10.0. The molecule has 0 saturated heterocycles. The number of phosphoric ester groups is 2. The van der Waals surface area contributed by atoms with Crippen LogP contribution < -0.4 is 0 Å². The first kappa shape index (κ1) is 120. The smallest absolute Gasteiger partial charge is 0.463 e. The molecule has 0 aromatic rings. The molecule has 0 amide bonds. The van der Waals surface area contributed by atoms with Crippen molar-refractivity contribution in [3.8, 4) is 0 Å². The molecule has 0 aliphatic heterocycles. The number of hydrogen-bond acceptors (Lipinski definition) is 14. The Hall–Kier alpha value is -4.57. The fourth-order valence-corrected chi connectivity index (χ4v) is 15.8. The number of phosphoric acid groups is 2. The zero-order valence-electron chi connectivity index (χ0n) is 80.0. The summed E-state index contributed by atoms with van der Waals surface area (Å²) in [4.78, 5) is 59.2. The van der Waals surface area contributed by atoms with Gasteiger partial charge in [-0.25, -0.2) is 9.13 Å². The van der Waals surface area contributed by atoms with Gasteiger partial charge in [0.15, 0.2) is 6.10 Å². The largest absolute Gasteiger partial charge is 0.472 e. The summed E-state index contributed by atoms with van der Waals surface area (Å²) in [6.07, 6.45) is 126. The average Bonchev–Trinajstić information content (AvgIpc) is 0.901. The van der Waals surface area contributed by atoms with Crippen molar-refractivity contribution in [1.82, 2.24) is 0 Å². The predicted molar refractivity (Wildman–Crippen MR) is 528 cm³/mol. The van der Waals surface area contributed by atoms with Crippen molar-refractivity contribution in [2.45, 2.75) is 476 Å². The van der Waals surface area contributed by atoms with E-state index in [0.29, 0.717) is 19.3 Å². The highest BCUT2D eigenvalue weighted by atomic mass is 31.2. The van der Waals surface area contributed by atoms with Crippen LogP contribution in [0.3, 0.4) is 0 Å². The first-order chi connectivity index (χ1) is 61.2. The number of esters is 3. The van der Waals surface area contributed by atoms with E-state index in [2.05, 4.69) is 167 Å². The standard InChI is InChI=1S/C107H188O16P2/c1-4-7-10-13-16-19-22-25-28-31-34-37-40-43-46-48-50-52-55-57-60-63-66-69-72-75-78-81-84-87-90-93-105(110)117-96-102(108)97-119-124(113,114)120-98-103(109)99-121-125(115,116)122-101-104(123-107(112)95-92-89-86-83-80-77-74-71-68-65-62-59-54-45-42-39-36-33-30-27-24-21-18-15-12-9-6-3)100-118-106(111)94-91-88-85-82-79-76-73-70-67-64-61-58-56-53-51-49-47-44-41-38-35-32-29-26-23-20-17-14-11-8-5-2/h16-21,25-30,34-39,43-47,54,102-104,108-109H,4-15,22-24,31-33,40-42,48-53,55-101H2,1-3H3,(H,113,114)(H,115,116)/b19-16-,20-17-,21-18-,28-25-,29-26-,30-27-,37-34-,38-35-,39-36-,46-43-,47-44-,54-45-. The van der Waals surface area contributed by atoms with Crippen LogP contribution >= 0.6 is 15.6 Å². The minimum absolute atomic E-state index is 0.0995. The number of ether oxygens (including phenoxy) is 3. The SMILES string of the molecule is CCCCC/C=C\C/C=C\C/C=C\C/C=C\CCCCCCCCCCCCCCCCCC(=O)OCC(O)COP(=O)(O)OCC(O)COP(=O)(O)OCC(COC(=O)CCCCCCCCCCCCCCCCC/C=C\C/C=C\C/C=C\C/C=C\CCCCC)OC(=O)CCCCCCCCCCCCC/C=C\C/C=C\C/C=C\C/C=C\CCCCC. The zero-order valence-corrected chi connectivity index (χ0v) is 81.8. The highest BCUT2D eigenvalue weighted by molar-refractivity contribution is 7.47. The number of aliphatic hydroxyl groups excluding tert-OH is 2. The number of hydrogen-bond donors (Lipinski definition) is 4. The monoisotopic (exact) mass is 1790 g/mol. The molecule has 16 nitrogen and oxygen atoms in total. The molecule has 18 heteroatoms. The number of rotatable bonds is 97. The topological polar surface area (TPSA) is 231 Å². The Bertz CT molecular complexity index is 2850. The summed E-state index contributed by atoms with van der Waals surface area (Å²) in [5.74, 6) is -1.56. The molecular weight excluding hydrogens is 1600 g/mol. The predicted octanol–water partition coefficient (Wildman–Crippen LogP) is 32.2. The Balaban J connectivity index is 4.62. The lowest BCUT2D eigenvalue weighted by molar-refractivity contribution is -0.161. The van der Waals surface area contributed by atoms with E-state index >= 15 is 0 Å². The van der Waals surface area contributed by atoms with Crippen molar-refractivity contribution in [2.24, 2.45) is 0 Å². The van der Waals surface area contributed by atoms with Gasteiger partial charge >= 0.3 is 33.6 Å². The Morgan fingerprint density at radius 1 is 0.224 bits per heavy atom. The first-order valence-corrected chi connectivity index (χ1v) is 54.1. The van der Waals surface area contributed by atoms with E-state index in [4.69, 9.17) is 32.3 Å². The Kier molecular flexibility index (Phi) is 94.9. The number of carbonyl (C=O) groups is 3. The van der Waals surface area contributed by atoms with E-state index < -0.39 is 91.5 Å². The Morgan fingerprint density at radius 3 is 0.632 bits per heavy atom. The summed E-state index contributed by atoms with van der Waals surface area (Å²) < 4.78 is 61.7. The van der Waals surface area contributed by atoms with Crippen LogP contribution in [0, 0.1) is 0 Å². The van der Waals surface area contributed by atoms with Gasteiger partial charge in [-0.1, -0.05) is 430 Å². The van der Waals surface area contributed by atoms with Gasteiger partial charge in [-0.3, -0.25) is 32.5 Å². The second-order valence-corrected chi connectivity index (χ2v) is 37.2. The van der Waals surface area contributed by atoms with Gasteiger partial charge in [-0.05, 0) is 154 Å². The van der Waals surface area contributed by atoms with E-state index in [-0.39, 0.29) is 19.3 Å². The zero-order chi connectivity index (χ0) is 90.7. The maximum Gasteiger partial charge on any atom is 0.472 e. The molecule has 0 rings (SSSR count). The van der Waals surface area contributed by atoms with Crippen molar-refractivity contribution >= 4 is 33.6 Å². The van der Waals surface area contributed by atoms with Crippen LogP contribution in [0.25, 0.3) is 0 Å². The molecule has 722 valence electrons. The molecule has 125 heavy (non-hydrogen) atoms. The molecule has 0 aliphatic carbocycles. The summed E-state index contributed by atoms with van der Waals surface area (Å²) in [5, 5.41) is 20.8. The number of carbonyl (C=O) groups excluding carboxylic acids is 3. The van der Waals surface area contributed by atoms with Crippen molar-refractivity contribution in [1.29, 1.82) is 0 Å². The Labute approximate surface area is 766 Å². The van der Waals surface area contributed by atoms with Crippen molar-refractivity contribution < 1.29 is 75.8 Å². The molecule has 0 aliphatic rings. The van der Waals surface area contributed by atoms with Gasteiger partial charge in [-0.2, -0.15) is 0 Å². The third-order valence-electron chi connectivity index (χ3n) is 22.0. The van der Waals surface area contributed by atoms with Crippen LogP contribution in [0.5, 0.6) is 0 Å². The molecule has 0 radical (unpaired) electrons. The van der Waals surface area contributed by atoms with E-state index in [1.165, 1.54) is 270 Å². The summed E-state index contributed by atoms with van der Waals surface area (Å²) in [6, 6.07) is 0. The van der Waals surface area contributed by atoms with Crippen molar-refractivity contribution in [3.63, 3.8) is 0 Å². The van der Waals surface area contributed by atoms with E-state index in [1.54, 1.807) is 0 Å². The fraction of sp³-hybridized carbons (Fsp3) is 0.748. The fourth-order valence-electron chi connectivity index (χ4n) is 14.2. The molecule has 0 fully saturated rings. The molecule has 0 bridgehead atoms. The minimum Gasteiger partial charge on any atom is -0.463 e. The quantitative estimate of drug-likeness (QED) is 0.0146. The molecule has 0 spiro atoms. The van der Waals surface area contributed by atoms with E-state index in [1.807, 2.05) is 0 Å². The van der Waals surface area contributed by atoms with Gasteiger partial charge in [0.2, 0.25) is 0 Å². The van der Waals surface area contributed by atoms with Gasteiger partial charge in [0, 0.05) is 19.3 Å². The maximum atomic E-state index is 13.1. The average molecular weight is 1790 g/mol. The molecule has 4 N–H and O–H groups in total. The number of allylic oxidation sites excluding steroid dienone is 24. The molecule has 0 aromatic heterocycles. The number of aliphatic hydroxyl groups is 2. The minimum atomic E-state index is -4.95. The third kappa shape index (κ3) is 99.8. The maximum absolute atomic E-state index is 13.1. The van der Waals surface area contributed by atoms with Crippen molar-refractivity contribution in [2.75, 3.05) is 39.6 Å². The van der Waals surface area contributed by atoms with E-state index in [9.17, 15) is 43.5 Å². The lowest BCUT2D eigenvalue weighted by Gasteiger charge is -2.21. The summed E-state index contributed by atoms with van der Waals surface area (Å²) in [6.45, 7) is 2.68. The highest BCUT2D eigenvalue weighted by Gasteiger charge is 2.30. The Morgan fingerprint density at radius 2 is 0.400 bits per heavy atom. The van der Waals surface area contributed by atoms with Gasteiger partial charge in [0.1, 0.15) is 25.4 Å². The highest BCUT2D eigenvalue weighted by Crippen LogP contribution is 2.45. The lowest BCUT2D eigenvalue weighted by Crippen LogP contribution is -2.30.